The SMILES string of the molecule is CC12CC(C(=C(O)C=Cc3ccccc3)C(=O)N1)c1ccccc1O2. The molecule has 4 rings (SSSR count). The summed E-state index contributed by atoms with van der Waals surface area (Å²) < 4.78 is 5.96. The number of benzene rings is 2. The number of fused-ring (bicyclic) bond motifs is 4. The third-order valence-corrected chi connectivity index (χ3v) is 4.70. The molecule has 0 aromatic heterocycles. The van der Waals surface area contributed by atoms with Gasteiger partial charge in [-0.2, -0.15) is 0 Å². The van der Waals surface area contributed by atoms with Crippen molar-refractivity contribution in [3.8, 4) is 5.75 Å². The largest absolute Gasteiger partial charge is 0.507 e. The summed E-state index contributed by atoms with van der Waals surface area (Å²) in [7, 11) is 0. The molecule has 2 aromatic rings. The Kier molecular flexibility index (Phi) is 3.61. The van der Waals surface area contributed by atoms with Gasteiger partial charge >= 0.3 is 0 Å². The van der Waals surface area contributed by atoms with Crippen molar-refractivity contribution in [2.45, 2.75) is 25.0 Å². The summed E-state index contributed by atoms with van der Waals surface area (Å²) >= 11 is 0. The van der Waals surface area contributed by atoms with Crippen LogP contribution in [0.2, 0.25) is 0 Å². The minimum absolute atomic E-state index is 0.00916. The molecule has 4 heteroatoms. The second-order valence-corrected chi connectivity index (χ2v) is 6.62. The number of carbonyl (C=O) groups is 1. The fourth-order valence-electron chi connectivity index (χ4n) is 3.57. The Labute approximate surface area is 146 Å². The standard InChI is InChI=1S/C21H19NO3/c1-21-13-16(15-9-5-6-10-18(15)25-21)19(20(24)22-21)17(23)12-11-14-7-3-2-4-8-14/h2-12,16,23H,13H2,1H3,(H,22,24). The summed E-state index contributed by atoms with van der Waals surface area (Å²) in [5.41, 5.74) is 1.54. The van der Waals surface area contributed by atoms with Crippen LogP contribution in [0.15, 0.2) is 72.0 Å². The van der Waals surface area contributed by atoms with E-state index in [2.05, 4.69) is 5.32 Å². The van der Waals surface area contributed by atoms with Gasteiger partial charge in [0.1, 0.15) is 11.5 Å². The van der Waals surface area contributed by atoms with E-state index in [1.807, 2.05) is 61.5 Å². The normalized spacial score (nSPS) is 26.6. The van der Waals surface area contributed by atoms with E-state index in [9.17, 15) is 9.90 Å². The van der Waals surface area contributed by atoms with Crippen molar-refractivity contribution in [3.05, 3.63) is 83.1 Å². The molecule has 1 fully saturated rings. The molecular weight excluding hydrogens is 314 g/mol. The molecule has 0 radical (unpaired) electrons. The number of amides is 1. The molecule has 25 heavy (non-hydrogen) atoms. The van der Waals surface area contributed by atoms with Gasteiger partial charge in [0.05, 0.1) is 5.57 Å². The molecule has 0 saturated carbocycles. The molecule has 0 spiro atoms. The Morgan fingerprint density at radius 1 is 1.20 bits per heavy atom. The molecule has 2 heterocycles. The Bertz CT molecular complexity index is 885. The highest BCUT2D eigenvalue weighted by atomic mass is 16.5. The smallest absolute Gasteiger partial charge is 0.254 e. The van der Waals surface area contributed by atoms with Crippen molar-refractivity contribution >= 4 is 12.0 Å². The van der Waals surface area contributed by atoms with E-state index in [0.29, 0.717) is 12.0 Å². The number of ether oxygens (including phenoxy) is 1. The van der Waals surface area contributed by atoms with Gasteiger partial charge < -0.3 is 15.2 Å². The number of carbonyl (C=O) groups excluding carboxylic acids is 1. The zero-order valence-electron chi connectivity index (χ0n) is 13.9. The summed E-state index contributed by atoms with van der Waals surface area (Å²) in [4.78, 5) is 12.6. The van der Waals surface area contributed by atoms with Gasteiger partial charge in [-0.3, -0.25) is 4.79 Å². The number of allylic oxidation sites excluding steroid dienone is 1. The minimum Gasteiger partial charge on any atom is -0.507 e. The molecule has 2 aliphatic rings. The maximum Gasteiger partial charge on any atom is 0.254 e. The van der Waals surface area contributed by atoms with Crippen molar-refractivity contribution < 1.29 is 14.6 Å². The van der Waals surface area contributed by atoms with Crippen LogP contribution in [-0.4, -0.2) is 16.7 Å². The Morgan fingerprint density at radius 2 is 1.92 bits per heavy atom. The number of nitrogens with one attached hydrogen (secondary N) is 1. The lowest BCUT2D eigenvalue weighted by atomic mass is 9.78. The van der Waals surface area contributed by atoms with Gasteiger partial charge in [-0.15, -0.1) is 0 Å². The molecule has 0 aliphatic carbocycles. The topological polar surface area (TPSA) is 58.6 Å². The van der Waals surface area contributed by atoms with E-state index >= 15 is 0 Å². The van der Waals surface area contributed by atoms with Crippen LogP contribution in [0, 0.1) is 0 Å². The van der Waals surface area contributed by atoms with Gasteiger partial charge in [0.15, 0.2) is 5.72 Å². The summed E-state index contributed by atoms with van der Waals surface area (Å²) in [6, 6.07) is 17.3. The minimum atomic E-state index is -0.747. The van der Waals surface area contributed by atoms with E-state index in [0.717, 1.165) is 16.9 Å². The molecule has 2 aromatic carbocycles. The molecule has 126 valence electrons. The molecule has 1 amide bonds. The molecule has 2 N–H and O–H groups in total. The van der Waals surface area contributed by atoms with Crippen molar-refractivity contribution in [2.24, 2.45) is 0 Å². The lowest BCUT2D eigenvalue weighted by molar-refractivity contribution is -0.127. The first-order chi connectivity index (χ1) is 12.1. The first-order valence-electron chi connectivity index (χ1n) is 8.32. The monoisotopic (exact) mass is 333 g/mol. The van der Waals surface area contributed by atoms with Crippen LogP contribution >= 0.6 is 0 Å². The Balaban J connectivity index is 1.77. The maximum absolute atomic E-state index is 12.6. The number of aliphatic hydroxyl groups excluding tert-OH is 1. The fourth-order valence-corrected chi connectivity index (χ4v) is 3.57. The number of hydrogen-bond acceptors (Lipinski definition) is 3. The zero-order chi connectivity index (χ0) is 17.4. The van der Waals surface area contributed by atoms with Crippen molar-refractivity contribution in [1.29, 1.82) is 0 Å². The van der Waals surface area contributed by atoms with E-state index in [-0.39, 0.29) is 17.6 Å². The lowest BCUT2D eigenvalue weighted by Gasteiger charge is -2.45. The average Bonchev–Trinajstić information content (AvgIpc) is 2.60. The van der Waals surface area contributed by atoms with Gasteiger partial charge in [0, 0.05) is 17.9 Å². The number of aliphatic hydroxyl groups is 1. The summed E-state index contributed by atoms with van der Waals surface area (Å²) in [5.74, 6) is 0.260. The number of rotatable bonds is 2. The third-order valence-electron chi connectivity index (χ3n) is 4.70. The molecule has 2 unspecified atom stereocenters. The number of hydrogen-bond donors (Lipinski definition) is 2. The lowest BCUT2D eigenvalue weighted by Crippen LogP contribution is -2.58. The zero-order valence-corrected chi connectivity index (χ0v) is 13.9. The fraction of sp³-hybridized carbons (Fsp3) is 0.190. The molecular formula is C21H19NO3. The maximum atomic E-state index is 12.6. The highest BCUT2D eigenvalue weighted by Crippen LogP contribution is 2.46. The summed E-state index contributed by atoms with van der Waals surface area (Å²) in [6.07, 6.45) is 3.98. The predicted molar refractivity (Wildman–Crippen MR) is 96.1 cm³/mol. The van der Waals surface area contributed by atoms with Gasteiger partial charge in [0.25, 0.3) is 5.91 Å². The predicted octanol–water partition coefficient (Wildman–Crippen LogP) is 3.92. The van der Waals surface area contributed by atoms with Crippen molar-refractivity contribution in [1.82, 2.24) is 5.32 Å². The van der Waals surface area contributed by atoms with Crippen molar-refractivity contribution in [2.75, 3.05) is 0 Å². The highest BCUT2D eigenvalue weighted by Gasteiger charge is 2.47. The van der Waals surface area contributed by atoms with Crippen LogP contribution < -0.4 is 10.1 Å². The molecule has 2 atom stereocenters. The van der Waals surface area contributed by atoms with E-state index in [4.69, 9.17) is 4.74 Å². The summed E-state index contributed by atoms with van der Waals surface area (Å²) in [5, 5.41) is 13.5. The second kappa shape index (κ2) is 5.81. The first-order valence-corrected chi connectivity index (χ1v) is 8.32. The van der Waals surface area contributed by atoms with E-state index in [1.54, 1.807) is 12.2 Å². The van der Waals surface area contributed by atoms with E-state index < -0.39 is 5.72 Å². The summed E-state index contributed by atoms with van der Waals surface area (Å²) in [6.45, 7) is 1.86. The molecule has 2 bridgehead atoms. The Morgan fingerprint density at radius 3 is 2.72 bits per heavy atom. The Hall–Kier alpha value is -3.01. The van der Waals surface area contributed by atoms with Crippen LogP contribution in [0.5, 0.6) is 5.75 Å². The van der Waals surface area contributed by atoms with Crippen LogP contribution in [0.1, 0.15) is 30.4 Å². The van der Waals surface area contributed by atoms with Crippen LogP contribution in [0.4, 0.5) is 0 Å². The second-order valence-electron chi connectivity index (χ2n) is 6.62. The quantitative estimate of drug-likeness (QED) is 0.647. The first kappa shape index (κ1) is 15.5. The van der Waals surface area contributed by atoms with Gasteiger partial charge in [-0.05, 0) is 24.6 Å². The number of para-hydroxylation sites is 1. The van der Waals surface area contributed by atoms with Gasteiger partial charge in [-0.25, -0.2) is 0 Å². The molecule has 2 aliphatic heterocycles. The third kappa shape index (κ3) is 2.80. The molecule has 4 nitrogen and oxygen atoms in total. The average molecular weight is 333 g/mol. The van der Waals surface area contributed by atoms with Gasteiger partial charge in [0.2, 0.25) is 0 Å². The van der Waals surface area contributed by atoms with Gasteiger partial charge in [-0.1, -0.05) is 54.6 Å². The number of piperidine rings is 1. The van der Waals surface area contributed by atoms with Crippen LogP contribution in [0.3, 0.4) is 0 Å². The van der Waals surface area contributed by atoms with E-state index in [1.165, 1.54) is 0 Å². The van der Waals surface area contributed by atoms with Crippen molar-refractivity contribution in [3.63, 3.8) is 0 Å². The highest BCUT2D eigenvalue weighted by molar-refractivity contribution is 5.98. The van der Waals surface area contributed by atoms with Crippen LogP contribution in [0.25, 0.3) is 6.08 Å². The van der Waals surface area contributed by atoms with Crippen LogP contribution in [-0.2, 0) is 4.79 Å². The molecule has 1 saturated heterocycles.